The van der Waals surface area contributed by atoms with Crippen LogP contribution in [0.1, 0.15) is 94.6 Å². The summed E-state index contributed by atoms with van der Waals surface area (Å²) in [5, 5.41) is 8.02. The van der Waals surface area contributed by atoms with Crippen molar-refractivity contribution in [3.63, 3.8) is 0 Å². The van der Waals surface area contributed by atoms with Crippen molar-refractivity contribution >= 4 is 35.8 Å². The third kappa shape index (κ3) is 13.9. The summed E-state index contributed by atoms with van der Waals surface area (Å²) in [6.45, 7) is 8.31. The van der Waals surface area contributed by atoms with Crippen molar-refractivity contribution in [1.29, 1.82) is 0 Å². The Labute approximate surface area is 343 Å². The zero-order chi connectivity index (χ0) is 43.2. The molecule has 13 nitrogen and oxygen atoms in total. The Kier molecular flexibility index (Phi) is 16.5. The van der Waals surface area contributed by atoms with E-state index in [0.717, 1.165) is 17.7 Å². The first-order valence-corrected chi connectivity index (χ1v) is 19.8. The molecule has 318 valence electrons. The Morgan fingerprint density at radius 1 is 0.814 bits per heavy atom. The largest absolute Gasteiger partial charge is 0.462 e. The second-order valence-electron chi connectivity index (χ2n) is 15.6. The van der Waals surface area contributed by atoms with Gasteiger partial charge in [0.1, 0.15) is 35.9 Å². The van der Waals surface area contributed by atoms with Crippen molar-refractivity contribution in [2.24, 2.45) is 0 Å². The van der Waals surface area contributed by atoms with Crippen molar-refractivity contribution in [2.45, 2.75) is 115 Å². The molecule has 4 atom stereocenters. The molecule has 0 spiro atoms. The number of rotatable bonds is 18. The molecule has 3 aromatic rings. The van der Waals surface area contributed by atoms with Gasteiger partial charge in [-0.3, -0.25) is 14.4 Å². The van der Waals surface area contributed by atoms with Crippen LogP contribution in [0.4, 0.5) is 13.6 Å². The second-order valence-corrected chi connectivity index (χ2v) is 15.6. The molecule has 1 unspecified atom stereocenters. The number of likely N-dealkylation sites (tertiary alicyclic amines) is 1. The maximum atomic E-state index is 14.3. The molecule has 4 rings (SSSR count). The zero-order valence-corrected chi connectivity index (χ0v) is 34.2. The number of esters is 2. The summed E-state index contributed by atoms with van der Waals surface area (Å²) in [7, 11) is 0. The van der Waals surface area contributed by atoms with Gasteiger partial charge in [0, 0.05) is 13.0 Å². The van der Waals surface area contributed by atoms with Gasteiger partial charge in [-0.25, -0.2) is 23.2 Å². The molecule has 0 bridgehead atoms. The smallest absolute Gasteiger partial charge is 0.408 e. The van der Waals surface area contributed by atoms with Crippen molar-refractivity contribution in [1.82, 2.24) is 20.9 Å². The van der Waals surface area contributed by atoms with E-state index in [-0.39, 0.29) is 44.6 Å². The molecule has 1 saturated heterocycles. The van der Waals surface area contributed by atoms with Crippen molar-refractivity contribution in [2.75, 3.05) is 13.2 Å². The molecule has 1 aliphatic heterocycles. The predicted octanol–water partition coefficient (Wildman–Crippen LogP) is 5.93. The number of unbranched alkanes of at least 4 members (excludes halogenated alkanes) is 1. The minimum absolute atomic E-state index is 0.00668. The lowest BCUT2D eigenvalue weighted by atomic mass is 9.94. The van der Waals surface area contributed by atoms with Crippen LogP contribution in [-0.2, 0) is 46.4 Å². The molecule has 0 radical (unpaired) electrons. The molecule has 15 heteroatoms. The van der Waals surface area contributed by atoms with Crippen LogP contribution in [0.5, 0.6) is 0 Å². The van der Waals surface area contributed by atoms with Gasteiger partial charge in [0.05, 0.1) is 12.2 Å². The lowest BCUT2D eigenvalue weighted by Gasteiger charge is -2.34. The van der Waals surface area contributed by atoms with Crippen molar-refractivity contribution in [3.05, 3.63) is 107 Å². The van der Waals surface area contributed by atoms with E-state index in [0.29, 0.717) is 31.2 Å². The SMILES string of the molecule is CC[C@](C)(NC(=O)[C@H](CCCCOC(=O)c1ccccc1)NC(=O)OC(C)(C)C)C(=O)NC(Cc1ccc(F)c(F)c1)C(=O)N1CCC[C@@H]1C(=O)OCc1ccccc1. The molecule has 3 N–H and O–H groups in total. The highest BCUT2D eigenvalue weighted by atomic mass is 19.2. The standard InChI is InChI=1S/C44H54F2N4O9/c1-6-44(5,49-37(51)34(48-42(56)59-43(2,3)4)20-13-14-25-57-39(53)31-18-11-8-12-19-31)41(55)47-35(27-30-22-23-32(45)33(46)26-30)38(52)50-24-15-21-36(50)40(54)58-28-29-16-9-7-10-17-29/h7-12,16-19,22-23,26,34-36H,6,13-15,20-21,24-25,27-28H2,1-5H3,(H,47,55)(H,48,56)(H,49,51)/t34-,35?,36+,44-/m0/s1. The molecule has 0 aromatic heterocycles. The summed E-state index contributed by atoms with van der Waals surface area (Å²) in [4.78, 5) is 82.1. The van der Waals surface area contributed by atoms with E-state index in [1.54, 1.807) is 82.3 Å². The Morgan fingerprint density at radius 2 is 1.49 bits per heavy atom. The van der Waals surface area contributed by atoms with Gasteiger partial charge in [-0.05, 0) is 102 Å². The van der Waals surface area contributed by atoms with Crippen LogP contribution in [0.2, 0.25) is 0 Å². The summed E-state index contributed by atoms with van der Waals surface area (Å²) in [5.41, 5.74) is -1.18. The van der Waals surface area contributed by atoms with Crippen LogP contribution in [0.15, 0.2) is 78.9 Å². The molecule has 1 aliphatic rings. The molecular weight excluding hydrogens is 766 g/mol. The van der Waals surface area contributed by atoms with E-state index in [9.17, 15) is 37.5 Å². The number of carbonyl (C=O) groups excluding carboxylic acids is 6. The fourth-order valence-electron chi connectivity index (χ4n) is 6.38. The minimum atomic E-state index is -1.65. The normalized spacial score (nSPS) is 15.8. The summed E-state index contributed by atoms with van der Waals surface area (Å²) < 4.78 is 44.5. The first kappa shape index (κ1) is 45.8. The van der Waals surface area contributed by atoms with Gasteiger partial charge in [0.15, 0.2) is 11.6 Å². The topological polar surface area (TPSA) is 169 Å². The maximum Gasteiger partial charge on any atom is 0.408 e. The Morgan fingerprint density at radius 3 is 2.14 bits per heavy atom. The van der Waals surface area contributed by atoms with E-state index in [2.05, 4.69) is 16.0 Å². The molecule has 4 amide bonds. The minimum Gasteiger partial charge on any atom is -0.462 e. The highest BCUT2D eigenvalue weighted by Gasteiger charge is 2.42. The van der Waals surface area contributed by atoms with Gasteiger partial charge in [0.2, 0.25) is 17.7 Å². The van der Waals surface area contributed by atoms with Gasteiger partial charge < -0.3 is 35.1 Å². The lowest BCUT2D eigenvalue weighted by Crippen LogP contribution is -2.63. The average molecular weight is 821 g/mol. The van der Waals surface area contributed by atoms with Gasteiger partial charge in [-0.1, -0.05) is 61.5 Å². The third-order valence-electron chi connectivity index (χ3n) is 9.80. The first-order valence-electron chi connectivity index (χ1n) is 19.8. The Bertz CT molecular complexity index is 1930. The molecule has 0 aliphatic carbocycles. The highest BCUT2D eigenvalue weighted by Crippen LogP contribution is 2.23. The summed E-state index contributed by atoms with van der Waals surface area (Å²) >= 11 is 0. The fraction of sp³-hybridized carbons (Fsp3) is 0.455. The number of amides is 4. The molecular formula is C44H54F2N4O9. The fourth-order valence-corrected chi connectivity index (χ4v) is 6.38. The number of hydrogen-bond donors (Lipinski definition) is 3. The number of nitrogens with zero attached hydrogens (tertiary/aromatic N) is 1. The van der Waals surface area contributed by atoms with E-state index >= 15 is 0 Å². The van der Waals surface area contributed by atoms with E-state index < -0.39 is 76.7 Å². The molecule has 1 heterocycles. The van der Waals surface area contributed by atoms with Crippen LogP contribution in [0.3, 0.4) is 0 Å². The molecule has 59 heavy (non-hydrogen) atoms. The van der Waals surface area contributed by atoms with Gasteiger partial charge in [-0.2, -0.15) is 0 Å². The molecule has 1 fully saturated rings. The van der Waals surface area contributed by atoms with E-state index in [1.165, 1.54) is 17.9 Å². The van der Waals surface area contributed by atoms with Crippen LogP contribution >= 0.6 is 0 Å². The van der Waals surface area contributed by atoms with Gasteiger partial charge >= 0.3 is 18.0 Å². The number of carbonyl (C=O) groups is 6. The van der Waals surface area contributed by atoms with Gasteiger partial charge in [-0.15, -0.1) is 0 Å². The van der Waals surface area contributed by atoms with E-state index in [1.807, 2.05) is 6.07 Å². The van der Waals surface area contributed by atoms with Crippen LogP contribution in [0, 0.1) is 11.6 Å². The van der Waals surface area contributed by atoms with Gasteiger partial charge in [0.25, 0.3) is 0 Å². The Balaban J connectivity index is 1.49. The average Bonchev–Trinajstić information content (AvgIpc) is 3.70. The Hall–Kier alpha value is -5.86. The van der Waals surface area contributed by atoms with E-state index in [4.69, 9.17) is 14.2 Å². The van der Waals surface area contributed by atoms with Crippen molar-refractivity contribution in [3.8, 4) is 0 Å². The van der Waals surface area contributed by atoms with Crippen LogP contribution in [-0.4, -0.2) is 83.1 Å². The van der Waals surface area contributed by atoms with Crippen LogP contribution < -0.4 is 16.0 Å². The van der Waals surface area contributed by atoms with Crippen LogP contribution in [0.25, 0.3) is 0 Å². The second kappa shape index (κ2) is 21.2. The molecule has 3 aromatic carbocycles. The number of ether oxygens (including phenoxy) is 3. The maximum absolute atomic E-state index is 14.3. The quantitative estimate of drug-likeness (QED) is 0.0800. The predicted molar refractivity (Wildman–Crippen MR) is 214 cm³/mol. The number of alkyl carbamates (subject to hydrolysis) is 1. The highest BCUT2D eigenvalue weighted by molar-refractivity contribution is 5.97. The number of benzene rings is 3. The third-order valence-corrected chi connectivity index (χ3v) is 9.80. The lowest BCUT2D eigenvalue weighted by molar-refractivity contribution is -0.155. The van der Waals surface area contributed by atoms with Crippen molar-refractivity contribution < 1.29 is 51.8 Å². The summed E-state index contributed by atoms with van der Waals surface area (Å²) in [6.07, 6.45) is 0.468. The molecule has 0 saturated carbocycles. The monoisotopic (exact) mass is 820 g/mol. The first-order chi connectivity index (χ1) is 28.0. The number of halogens is 2. The zero-order valence-electron chi connectivity index (χ0n) is 34.2. The number of hydrogen-bond acceptors (Lipinski definition) is 9. The number of nitrogens with one attached hydrogen (secondary N) is 3. The summed E-state index contributed by atoms with van der Waals surface area (Å²) in [6, 6.07) is 17.1. The summed E-state index contributed by atoms with van der Waals surface area (Å²) in [5.74, 6) is -5.51.